The van der Waals surface area contributed by atoms with E-state index >= 15 is 0 Å². The van der Waals surface area contributed by atoms with Gasteiger partial charge < -0.3 is 0 Å². The first-order chi connectivity index (χ1) is 22.4. The molecule has 1 aliphatic carbocycles. The number of hydrogen-bond acceptors (Lipinski definition) is 4. The standard InChI is InChI=1S/C39H26N2O3SSe/c1-18-5-9-22(10-6-18)40-28-13-20(3)42-34(28)27-15-25-24-16-31-26(17-30(24)43-35(25)32(27)40)38-36(44-31)33-39(46-38)37-29(14-21(4)45-37)41(33)23-11-7-19(2)8-12-23/h5-14,16-17H,15H2,1-4H3. The summed E-state index contributed by atoms with van der Waals surface area (Å²) in [4.78, 5) is 1.33. The molecule has 0 bridgehead atoms. The molecule has 7 heterocycles. The number of rotatable bonds is 2. The molecule has 0 saturated heterocycles. The third kappa shape index (κ3) is 3.15. The average Bonchev–Trinajstić information content (AvgIpc) is 3.89. The molecule has 7 heteroatoms. The summed E-state index contributed by atoms with van der Waals surface area (Å²) < 4.78 is 28.8. The molecule has 5 nitrogen and oxygen atoms in total. The molecule has 0 unspecified atom stereocenters. The summed E-state index contributed by atoms with van der Waals surface area (Å²) in [5.74, 6) is 1.86. The zero-order valence-electron chi connectivity index (χ0n) is 25.6. The molecule has 3 aromatic carbocycles. The zero-order chi connectivity index (χ0) is 30.6. The van der Waals surface area contributed by atoms with E-state index in [0.29, 0.717) is 0 Å². The molecule has 0 aliphatic heterocycles. The van der Waals surface area contributed by atoms with Crippen LogP contribution in [0.2, 0.25) is 0 Å². The Labute approximate surface area is 272 Å². The SMILES string of the molecule is Cc1ccc(-n2c3c(c4oc(C)cc42)Cc2c-3oc3cc4c(cc23)oc2c4[se]c3c4sc(C)cc4n(-c4ccc(C)cc4)c23)cc1. The molecular formula is C39H26N2O3SSe. The van der Waals surface area contributed by atoms with Gasteiger partial charge in [-0.2, -0.15) is 0 Å². The van der Waals surface area contributed by atoms with E-state index in [2.05, 4.69) is 103 Å². The number of fused-ring (bicyclic) bond motifs is 14. The van der Waals surface area contributed by atoms with Crippen molar-refractivity contribution in [1.82, 2.24) is 9.13 Å². The number of thiophene rings is 1. The van der Waals surface area contributed by atoms with Crippen LogP contribution in [0.15, 0.2) is 86.0 Å². The monoisotopic (exact) mass is 682 g/mol. The summed E-state index contributed by atoms with van der Waals surface area (Å²) >= 11 is 2.02. The molecule has 1 aliphatic rings. The van der Waals surface area contributed by atoms with E-state index in [9.17, 15) is 0 Å². The first-order valence-electron chi connectivity index (χ1n) is 15.5. The van der Waals surface area contributed by atoms with Gasteiger partial charge in [-0.3, -0.25) is 0 Å². The van der Waals surface area contributed by atoms with Crippen LogP contribution in [0, 0.1) is 27.7 Å². The van der Waals surface area contributed by atoms with Crippen LogP contribution >= 0.6 is 11.3 Å². The average molecular weight is 682 g/mol. The number of hydrogen-bond donors (Lipinski definition) is 0. The summed E-state index contributed by atoms with van der Waals surface area (Å²) in [6.45, 7) is 8.49. The first kappa shape index (κ1) is 25.5. The molecule has 46 heavy (non-hydrogen) atoms. The number of furan rings is 3. The summed E-state index contributed by atoms with van der Waals surface area (Å²) in [5, 5.41) is 2.29. The Morgan fingerprint density at radius 1 is 0.652 bits per heavy atom. The third-order valence-electron chi connectivity index (χ3n) is 9.71. The van der Waals surface area contributed by atoms with E-state index in [1.807, 2.05) is 18.3 Å². The molecule has 0 amide bonds. The van der Waals surface area contributed by atoms with Gasteiger partial charge in [-0.05, 0) is 6.92 Å². The van der Waals surface area contributed by atoms with Crippen molar-refractivity contribution in [3.05, 3.63) is 106 Å². The van der Waals surface area contributed by atoms with Gasteiger partial charge in [-0.25, -0.2) is 0 Å². The van der Waals surface area contributed by atoms with Crippen molar-refractivity contribution in [3.63, 3.8) is 0 Å². The molecular weight excluding hydrogens is 655 g/mol. The number of nitrogens with zero attached hydrogens (tertiary/aromatic N) is 2. The van der Waals surface area contributed by atoms with Crippen LogP contribution in [0.3, 0.4) is 0 Å². The molecule has 10 aromatic rings. The molecule has 0 spiro atoms. The Balaban J connectivity index is 1.16. The van der Waals surface area contributed by atoms with E-state index in [1.165, 1.54) is 62.5 Å². The maximum atomic E-state index is 6.86. The van der Waals surface area contributed by atoms with Gasteiger partial charge >= 0.3 is 267 Å². The third-order valence-corrected chi connectivity index (χ3v) is 13.6. The van der Waals surface area contributed by atoms with Gasteiger partial charge in [0.15, 0.2) is 0 Å². The van der Waals surface area contributed by atoms with Gasteiger partial charge in [0.05, 0.1) is 0 Å². The minimum atomic E-state index is 0.125. The predicted molar refractivity (Wildman–Crippen MR) is 189 cm³/mol. The van der Waals surface area contributed by atoms with Crippen LogP contribution in [0.5, 0.6) is 0 Å². The fraction of sp³-hybridized carbons (Fsp3) is 0.128. The van der Waals surface area contributed by atoms with Gasteiger partial charge in [-0.1, -0.05) is 0 Å². The maximum absolute atomic E-state index is 6.86. The fourth-order valence-electron chi connectivity index (χ4n) is 7.65. The summed E-state index contributed by atoms with van der Waals surface area (Å²) in [5.41, 5.74) is 15.7. The second-order valence-electron chi connectivity index (χ2n) is 12.8. The van der Waals surface area contributed by atoms with E-state index in [1.54, 1.807) is 0 Å². The molecule has 0 fully saturated rings. The van der Waals surface area contributed by atoms with Gasteiger partial charge in [0.1, 0.15) is 0 Å². The molecule has 222 valence electrons. The number of aryl methyl sites for hydroxylation is 4. The Hall–Kier alpha value is -4.68. The van der Waals surface area contributed by atoms with Crippen LogP contribution in [0.1, 0.15) is 32.9 Å². The molecule has 0 N–H and O–H groups in total. The zero-order valence-corrected chi connectivity index (χ0v) is 28.1. The van der Waals surface area contributed by atoms with Crippen LogP contribution in [0.25, 0.3) is 85.7 Å². The first-order valence-corrected chi connectivity index (χ1v) is 18.1. The van der Waals surface area contributed by atoms with E-state index in [-0.39, 0.29) is 14.5 Å². The number of benzene rings is 3. The fourth-order valence-corrected chi connectivity index (χ4v) is 11.5. The topological polar surface area (TPSA) is 49.3 Å². The quantitative estimate of drug-likeness (QED) is 0.171. The summed E-state index contributed by atoms with van der Waals surface area (Å²) in [6.07, 6.45) is 0.770. The van der Waals surface area contributed by atoms with Crippen molar-refractivity contribution in [1.29, 1.82) is 0 Å². The Morgan fingerprint density at radius 3 is 2.11 bits per heavy atom. The van der Waals surface area contributed by atoms with Crippen LogP contribution in [-0.4, -0.2) is 23.6 Å². The molecule has 11 rings (SSSR count). The Bertz CT molecular complexity index is 2910. The van der Waals surface area contributed by atoms with E-state index in [4.69, 9.17) is 13.3 Å². The van der Waals surface area contributed by atoms with Crippen molar-refractivity contribution in [2.24, 2.45) is 0 Å². The Morgan fingerprint density at radius 2 is 1.35 bits per heavy atom. The summed E-state index contributed by atoms with van der Waals surface area (Å²) in [7, 11) is 0. The van der Waals surface area contributed by atoms with Gasteiger partial charge in [0.25, 0.3) is 0 Å². The van der Waals surface area contributed by atoms with Crippen molar-refractivity contribution in [3.8, 4) is 22.8 Å². The van der Waals surface area contributed by atoms with Crippen molar-refractivity contribution in [2.75, 3.05) is 0 Å². The second kappa shape index (κ2) is 8.56. The van der Waals surface area contributed by atoms with Crippen LogP contribution < -0.4 is 0 Å². The molecule has 0 atom stereocenters. The van der Waals surface area contributed by atoms with Gasteiger partial charge in [-0.15, -0.1) is 0 Å². The second-order valence-corrected chi connectivity index (χ2v) is 16.2. The van der Waals surface area contributed by atoms with Gasteiger partial charge in [0.2, 0.25) is 0 Å². The van der Waals surface area contributed by atoms with Crippen LogP contribution in [-0.2, 0) is 6.42 Å². The van der Waals surface area contributed by atoms with Crippen molar-refractivity contribution < 1.29 is 13.3 Å². The number of aromatic nitrogens is 2. The van der Waals surface area contributed by atoms with Crippen molar-refractivity contribution in [2.45, 2.75) is 34.1 Å². The van der Waals surface area contributed by atoms with E-state index in [0.717, 1.165) is 62.6 Å². The van der Waals surface area contributed by atoms with Gasteiger partial charge in [0, 0.05) is 0 Å². The molecule has 0 radical (unpaired) electrons. The van der Waals surface area contributed by atoms with Crippen molar-refractivity contribution >= 4 is 88.7 Å². The Kier molecular flexibility index (Phi) is 4.75. The molecule has 0 saturated carbocycles. The normalized spacial score (nSPS) is 13.1. The van der Waals surface area contributed by atoms with Crippen LogP contribution in [0.4, 0.5) is 0 Å². The predicted octanol–water partition coefficient (Wildman–Crippen LogP) is 10.9. The summed E-state index contributed by atoms with van der Waals surface area (Å²) in [6, 6.07) is 26.5. The molecule has 7 aromatic heterocycles. The minimum absolute atomic E-state index is 0.125. The van der Waals surface area contributed by atoms with E-state index < -0.39 is 0 Å².